The summed E-state index contributed by atoms with van der Waals surface area (Å²) in [5.74, 6) is 0.519. The number of nitrogens with zero attached hydrogens (tertiary/aromatic N) is 3. The molecule has 0 aliphatic heterocycles. The molecule has 0 unspecified atom stereocenters. The van der Waals surface area contributed by atoms with Gasteiger partial charge in [-0.3, -0.25) is 4.98 Å². The molecule has 3 aromatic heterocycles. The maximum absolute atomic E-state index is 5.93. The van der Waals surface area contributed by atoms with Crippen LogP contribution >= 0.6 is 11.5 Å². The average Bonchev–Trinajstić information content (AvgIpc) is 3.07. The molecule has 0 bridgehead atoms. The number of imidazole rings is 1. The number of nitrogens with two attached hydrogens (primary N) is 1. The molecule has 0 spiro atoms. The highest BCUT2D eigenvalue weighted by Gasteiger charge is 2.13. The number of hydrogen-bond acceptors (Lipinski definition) is 6. The molecule has 0 atom stereocenters. The Labute approximate surface area is 113 Å². The molecule has 96 valence electrons. The van der Waals surface area contributed by atoms with E-state index in [0.717, 1.165) is 21.8 Å². The van der Waals surface area contributed by atoms with Gasteiger partial charge < -0.3 is 16.0 Å². The molecule has 19 heavy (non-hydrogen) atoms. The van der Waals surface area contributed by atoms with Crippen LogP contribution in [0.3, 0.4) is 0 Å². The van der Waals surface area contributed by atoms with E-state index in [9.17, 15) is 0 Å². The van der Waals surface area contributed by atoms with E-state index >= 15 is 0 Å². The monoisotopic (exact) mass is 272 g/mol. The largest absolute Gasteiger partial charge is 0.382 e. The van der Waals surface area contributed by atoms with Crippen LogP contribution < -0.4 is 11.1 Å². The fraction of sp³-hybridized carbons (Fsp3) is 0.0833. The van der Waals surface area contributed by atoms with Crippen molar-refractivity contribution in [3.63, 3.8) is 0 Å². The van der Waals surface area contributed by atoms with E-state index in [2.05, 4.69) is 24.6 Å². The average molecular weight is 272 g/mol. The minimum atomic E-state index is 0.519. The number of rotatable bonds is 4. The fourth-order valence-electron chi connectivity index (χ4n) is 1.77. The third-order valence-electron chi connectivity index (χ3n) is 2.66. The molecule has 3 heterocycles. The molecular weight excluding hydrogens is 260 g/mol. The lowest BCUT2D eigenvalue weighted by Crippen LogP contribution is -1.99. The summed E-state index contributed by atoms with van der Waals surface area (Å²) in [5, 5.41) is 4.24. The molecule has 0 radical (unpaired) electrons. The number of H-pyrrole nitrogens is 1. The van der Waals surface area contributed by atoms with Gasteiger partial charge in [0.25, 0.3) is 0 Å². The van der Waals surface area contributed by atoms with Gasteiger partial charge in [0.1, 0.15) is 10.8 Å². The molecule has 0 aliphatic carbocycles. The first-order valence-electron chi connectivity index (χ1n) is 5.71. The van der Waals surface area contributed by atoms with E-state index in [1.165, 1.54) is 11.5 Å². The van der Waals surface area contributed by atoms with Gasteiger partial charge in [-0.1, -0.05) is 6.07 Å². The van der Waals surface area contributed by atoms with Crippen LogP contribution in [0.25, 0.3) is 11.1 Å². The van der Waals surface area contributed by atoms with E-state index in [1.54, 1.807) is 24.9 Å². The number of pyridine rings is 1. The van der Waals surface area contributed by atoms with Crippen molar-refractivity contribution in [3.05, 3.63) is 42.7 Å². The predicted molar refractivity (Wildman–Crippen MR) is 75.7 cm³/mol. The Hall–Kier alpha value is -2.41. The fourth-order valence-corrected chi connectivity index (χ4v) is 2.50. The number of anilines is 2. The smallest absolute Gasteiger partial charge is 0.147 e. The van der Waals surface area contributed by atoms with Crippen LogP contribution in [0.4, 0.5) is 10.8 Å². The lowest BCUT2D eigenvalue weighted by atomic mass is 10.1. The van der Waals surface area contributed by atoms with Gasteiger partial charge in [0.2, 0.25) is 0 Å². The number of aromatic nitrogens is 4. The van der Waals surface area contributed by atoms with E-state index in [0.29, 0.717) is 12.4 Å². The Morgan fingerprint density at radius 3 is 3.00 bits per heavy atom. The summed E-state index contributed by atoms with van der Waals surface area (Å²) in [6.07, 6.45) is 6.94. The van der Waals surface area contributed by atoms with Gasteiger partial charge in [0.05, 0.1) is 24.1 Å². The summed E-state index contributed by atoms with van der Waals surface area (Å²) in [5.41, 5.74) is 8.80. The minimum Gasteiger partial charge on any atom is -0.382 e. The molecule has 0 aromatic carbocycles. The van der Waals surface area contributed by atoms with E-state index in [4.69, 9.17) is 5.73 Å². The Bertz CT molecular complexity index is 646. The lowest BCUT2D eigenvalue weighted by molar-refractivity contribution is 1.08. The normalized spacial score (nSPS) is 10.5. The Balaban J connectivity index is 1.87. The zero-order valence-corrected chi connectivity index (χ0v) is 10.8. The quantitative estimate of drug-likeness (QED) is 0.676. The van der Waals surface area contributed by atoms with Crippen LogP contribution in [0.1, 0.15) is 5.69 Å². The first-order valence-corrected chi connectivity index (χ1v) is 6.48. The second-order valence-corrected chi connectivity index (χ2v) is 4.72. The highest BCUT2D eigenvalue weighted by atomic mass is 32.1. The highest BCUT2D eigenvalue weighted by molar-refractivity contribution is 7.11. The third kappa shape index (κ3) is 2.41. The van der Waals surface area contributed by atoms with Crippen molar-refractivity contribution in [2.24, 2.45) is 0 Å². The van der Waals surface area contributed by atoms with Gasteiger partial charge in [-0.2, -0.15) is 4.37 Å². The third-order valence-corrected chi connectivity index (χ3v) is 3.48. The SMILES string of the molecule is Nc1nsc(NCc2cnc[nH]2)c1-c1cccnc1. The summed E-state index contributed by atoms with van der Waals surface area (Å²) in [6.45, 7) is 0.648. The van der Waals surface area contributed by atoms with E-state index in [1.807, 2.05) is 12.1 Å². The standard InChI is InChI=1S/C12H12N6S/c13-11-10(8-2-1-3-14-4-8)12(19-18-11)16-6-9-5-15-7-17-9/h1-5,7,16H,6H2,(H2,13,18)(H,15,17). The molecule has 7 heteroatoms. The van der Waals surface area contributed by atoms with E-state index in [-0.39, 0.29) is 0 Å². The predicted octanol–water partition coefficient (Wildman–Crippen LogP) is 2.12. The molecule has 0 amide bonds. The molecule has 0 fully saturated rings. The van der Waals surface area contributed by atoms with Gasteiger partial charge in [0.15, 0.2) is 0 Å². The maximum Gasteiger partial charge on any atom is 0.147 e. The van der Waals surface area contributed by atoms with Crippen LogP contribution in [0.15, 0.2) is 37.1 Å². The van der Waals surface area contributed by atoms with Crippen molar-refractivity contribution in [2.45, 2.75) is 6.54 Å². The van der Waals surface area contributed by atoms with Crippen molar-refractivity contribution in [3.8, 4) is 11.1 Å². The van der Waals surface area contributed by atoms with Gasteiger partial charge in [-0.15, -0.1) is 0 Å². The minimum absolute atomic E-state index is 0.519. The topological polar surface area (TPSA) is 92.5 Å². The first-order chi connectivity index (χ1) is 9.34. The molecule has 3 aromatic rings. The van der Waals surface area contributed by atoms with Gasteiger partial charge in [0, 0.05) is 24.2 Å². The summed E-state index contributed by atoms with van der Waals surface area (Å²) >= 11 is 1.34. The number of hydrogen-bond donors (Lipinski definition) is 3. The molecule has 0 aliphatic rings. The second-order valence-electron chi connectivity index (χ2n) is 3.94. The molecule has 4 N–H and O–H groups in total. The Morgan fingerprint density at radius 1 is 1.32 bits per heavy atom. The number of nitrogens with one attached hydrogen (secondary N) is 2. The summed E-state index contributed by atoms with van der Waals surface area (Å²) in [6, 6.07) is 3.85. The molecule has 0 saturated heterocycles. The van der Waals surface area contributed by atoms with Crippen LogP contribution in [-0.4, -0.2) is 19.3 Å². The zero-order chi connectivity index (χ0) is 13.1. The zero-order valence-electron chi connectivity index (χ0n) is 10.00. The van der Waals surface area contributed by atoms with Crippen LogP contribution in [0, 0.1) is 0 Å². The Morgan fingerprint density at radius 2 is 2.26 bits per heavy atom. The van der Waals surface area contributed by atoms with Crippen LogP contribution in [0.5, 0.6) is 0 Å². The molecule has 0 saturated carbocycles. The van der Waals surface area contributed by atoms with Crippen molar-refractivity contribution < 1.29 is 0 Å². The summed E-state index contributed by atoms with van der Waals surface area (Å²) in [7, 11) is 0. The van der Waals surface area contributed by atoms with Crippen LogP contribution in [-0.2, 0) is 6.54 Å². The summed E-state index contributed by atoms with van der Waals surface area (Å²) in [4.78, 5) is 11.1. The number of aromatic amines is 1. The number of nitrogen functional groups attached to an aromatic ring is 1. The molecule has 6 nitrogen and oxygen atoms in total. The highest BCUT2D eigenvalue weighted by Crippen LogP contribution is 2.36. The van der Waals surface area contributed by atoms with Crippen molar-refractivity contribution in [2.75, 3.05) is 11.1 Å². The van der Waals surface area contributed by atoms with Gasteiger partial charge in [-0.05, 0) is 17.6 Å². The second kappa shape index (κ2) is 5.07. The summed E-state index contributed by atoms with van der Waals surface area (Å²) < 4.78 is 4.20. The van der Waals surface area contributed by atoms with Gasteiger partial charge >= 0.3 is 0 Å². The van der Waals surface area contributed by atoms with Crippen molar-refractivity contribution in [1.29, 1.82) is 0 Å². The van der Waals surface area contributed by atoms with Crippen LogP contribution in [0.2, 0.25) is 0 Å². The lowest BCUT2D eigenvalue weighted by Gasteiger charge is -2.05. The van der Waals surface area contributed by atoms with E-state index < -0.39 is 0 Å². The maximum atomic E-state index is 5.93. The first kappa shape index (κ1) is 11.7. The molecular formula is C12H12N6S. The molecule has 3 rings (SSSR count). The van der Waals surface area contributed by atoms with Crippen molar-refractivity contribution >= 4 is 22.4 Å². The Kier molecular flexibility index (Phi) is 3.11. The van der Waals surface area contributed by atoms with Gasteiger partial charge in [-0.25, -0.2) is 4.98 Å². The van der Waals surface area contributed by atoms with Crippen molar-refractivity contribution in [1.82, 2.24) is 19.3 Å².